The predicted octanol–water partition coefficient (Wildman–Crippen LogP) is 2.42. The van der Waals surface area contributed by atoms with Crippen LogP contribution in [-0.4, -0.2) is 25.6 Å². The number of hydrogen-bond donors (Lipinski definition) is 2. The minimum atomic E-state index is -3.99. The maximum absolute atomic E-state index is 11.4. The SMILES string of the molecule is O=S(=O)(O)Cc1cccc2c1C[C@H]1NCC[C@@]23CCCC[C@@H]13. The molecule has 0 unspecified atom stereocenters. The molecule has 3 aliphatic rings. The van der Waals surface area contributed by atoms with Crippen LogP contribution < -0.4 is 5.32 Å². The number of rotatable bonds is 2. The normalized spacial score (nSPS) is 33.9. The van der Waals surface area contributed by atoms with Gasteiger partial charge in [0, 0.05) is 11.5 Å². The van der Waals surface area contributed by atoms with Crippen molar-refractivity contribution in [2.45, 2.75) is 55.7 Å². The Morgan fingerprint density at radius 3 is 2.95 bits per heavy atom. The Labute approximate surface area is 132 Å². The second kappa shape index (κ2) is 5.05. The lowest BCUT2D eigenvalue weighted by Crippen LogP contribution is -2.59. The van der Waals surface area contributed by atoms with Crippen LogP contribution in [-0.2, 0) is 27.7 Å². The second-order valence-electron chi connectivity index (χ2n) is 7.19. The Kier molecular flexibility index (Phi) is 3.36. The van der Waals surface area contributed by atoms with E-state index < -0.39 is 10.1 Å². The van der Waals surface area contributed by atoms with Crippen molar-refractivity contribution in [3.8, 4) is 0 Å². The van der Waals surface area contributed by atoms with Crippen molar-refractivity contribution in [3.05, 3.63) is 34.9 Å². The largest absolute Gasteiger partial charge is 0.313 e. The molecule has 22 heavy (non-hydrogen) atoms. The number of hydrogen-bond acceptors (Lipinski definition) is 3. The molecule has 2 fully saturated rings. The average molecular weight is 321 g/mol. The van der Waals surface area contributed by atoms with Crippen LogP contribution in [0.3, 0.4) is 0 Å². The van der Waals surface area contributed by atoms with Gasteiger partial charge in [-0.15, -0.1) is 0 Å². The summed E-state index contributed by atoms with van der Waals surface area (Å²) in [5.74, 6) is 0.424. The lowest BCUT2D eigenvalue weighted by Gasteiger charge is -2.56. The lowest BCUT2D eigenvalue weighted by atomic mass is 9.52. The van der Waals surface area contributed by atoms with Crippen LogP contribution in [0.1, 0.15) is 48.8 Å². The van der Waals surface area contributed by atoms with E-state index in [-0.39, 0.29) is 11.2 Å². The summed E-state index contributed by atoms with van der Waals surface area (Å²) in [5, 5.41) is 3.66. The van der Waals surface area contributed by atoms with Gasteiger partial charge in [0.1, 0.15) is 5.75 Å². The lowest BCUT2D eigenvalue weighted by molar-refractivity contribution is 0.0795. The van der Waals surface area contributed by atoms with Crippen molar-refractivity contribution in [1.82, 2.24) is 5.32 Å². The molecule has 1 heterocycles. The van der Waals surface area contributed by atoms with Gasteiger partial charge < -0.3 is 5.32 Å². The number of fused-ring (bicyclic) bond motifs is 1. The van der Waals surface area contributed by atoms with Crippen LogP contribution in [0.5, 0.6) is 0 Å². The van der Waals surface area contributed by atoms with Crippen LogP contribution in [0.15, 0.2) is 18.2 Å². The fourth-order valence-electron chi connectivity index (χ4n) is 5.36. The molecular weight excluding hydrogens is 298 g/mol. The molecule has 3 atom stereocenters. The molecule has 2 aliphatic carbocycles. The predicted molar refractivity (Wildman–Crippen MR) is 85.4 cm³/mol. The van der Waals surface area contributed by atoms with E-state index in [2.05, 4.69) is 11.4 Å². The number of piperidine rings is 1. The Morgan fingerprint density at radius 1 is 1.27 bits per heavy atom. The van der Waals surface area contributed by atoms with Crippen LogP contribution in [0.2, 0.25) is 0 Å². The van der Waals surface area contributed by atoms with Gasteiger partial charge >= 0.3 is 0 Å². The van der Waals surface area contributed by atoms with E-state index in [9.17, 15) is 13.0 Å². The Hall–Kier alpha value is -0.910. The van der Waals surface area contributed by atoms with E-state index in [0.717, 1.165) is 24.9 Å². The molecule has 0 amide bonds. The van der Waals surface area contributed by atoms with E-state index in [0.29, 0.717) is 12.0 Å². The standard InChI is InChI=1S/C17H23NO3S/c19-22(20,21)11-12-4-3-6-14-13(12)10-16-15-5-1-2-7-17(14,15)8-9-18-16/h3-4,6,15-16,18H,1-2,5,7-11H2,(H,19,20,21)/t15-,16+,17-/m0/s1. The van der Waals surface area contributed by atoms with Crippen molar-refractivity contribution in [2.75, 3.05) is 6.54 Å². The maximum atomic E-state index is 11.4. The molecule has 1 aromatic carbocycles. The van der Waals surface area contributed by atoms with Gasteiger partial charge in [-0.2, -0.15) is 8.42 Å². The molecule has 0 spiro atoms. The number of benzene rings is 1. The molecule has 1 saturated carbocycles. The first-order valence-corrected chi connectivity index (χ1v) is 9.90. The second-order valence-corrected chi connectivity index (χ2v) is 8.65. The molecule has 1 aliphatic heterocycles. The monoisotopic (exact) mass is 321 g/mol. The fourth-order valence-corrected chi connectivity index (χ4v) is 6.03. The van der Waals surface area contributed by atoms with E-state index >= 15 is 0 Å². The Bertz CT molecular complexity index is 696. The summed E-state index contributed by atoms with van der Waals surface area (Å²) in [5.41, 5.74) is 3.57. The van der Waals surface area contributed by atoms with Crippen molar-refractivity contribution < 1.29 is 13.0 Å². The van der Waals surface area contributed by atoms with Crippen molar-refractivity contribution in [2.24, 2.45) is 5.92 Å². The van der Waals surface area contributed by atoms with Crippen LogP contribution >= 0.6 is 0 Å². The molecule has 2 N–H and O–H groups in total. The Morgan fingerprint density at radius 2 is 2.14 bits per heavy atom. The summed E-state index contributed by atoms with van der Waals surface area (Å²) in [6, 6.07) is 6.51. The summed E-state index contributed by atoms with van der Waals surface area (Å²) >= 11 is 0. The van der Waals surface area contributed by atoms with E-state index in [1.165, 1.54) is 36.8 Å². The third kappa shape index (κ3) is 2.22. The topological polar surface area (TPSA) is 66.4 Å². The highest BCUT2D eigenvalue weighted by atomic mass is 32.2. The third-order valence-electron chi connectivity index (χ3n) is 6.13. The summed E-state index contributed by atoms with van der Waals surface area (Å²) in [6.45, 7) is 1.06. The van der Waals surface area contributed by atoms with E-state index in [1.54, 1.807) is 0 Å². The van der Waals surface area contributed by atoms with Crippen molar-refractivity contribution >= 4 is 10.1 Å². The van der Waals surface area contributed by atoms with Gasteiger partial charge in [-0.25, -0.2) is 0 Å². The van der Waals surface area contributed by atoms with Gasteiger partial charge in [0.2, 0.25) is 0 Å². The quantitative estimate of drug-likeness (QED) is 0.821. The van der Waals surface area contributed by atoms with Gasteiger partial charge in [0.15, 0.2) is 0 Å². The molecular formula is C17H23NO3S. The van der Waals surface area contributed by atoms with Crippen molar-refractivity contribution in [3.63, 3.8) is 0 Å². The maximum Gasteiger partial charge on any atom is 0.269 e. The van der Waals surface area contributed by atoms with Crippen LogP contribution in [0.4, 0.5) is 0 Å². The highest BCUT2D eigenvalue weighted by molar-refractivity contribution is 7.85. The first kappa shape index (κ1) is 14.7. The van der Waals surface area contributed by atoms with Gasteiger partial charge in [0.05, 0.1) is 0 Å². The molecule has 120 valence electrons. The molecule has 4 rings (SSSR count). The van der Waals surface area contributed by atoms with Gasteiger partial charge in [-0.3, -0.25) is 4.55 Å². The zero-order chi connectivity index (χ0) is 15.4. The van der Waals surface area contributed by atoms with Crippen LogP contribution in [0, 0.1) is 5.92 Å². The first-order valence-electron chi connectivity index (χ1n) is 8.29. The number of nitrogens with one attached hydrogen (secondary N) is 1. The molecule has 1 aromatic rings. The van der Waals surface area contributed by atoms with E-state index in [4.69, 9.17) is 0 Å². The molecule has 2 bridgehead atoms. The first-order chi connectivity index (χ1) is 10.5. The van der Waals surface area contributed by atoms with E-state index in [1.807, 2.05) is 12.1 Å². The summed E-state index contributed by atoms with van der Waals surface area (Å²) in [4.78, 5) is 0. The third-order valence-corrected chi connectivity index (χ3v) is 6.81. The average Bonchev–Trinajstić information content (AvgIpc) is 2.46. The fraction of sp³-hybridized carbons (Fsp3) is 0.647. The Balaban J connectivity index is 1.86. The van der Waals surface area contributed by atoms with Gasteiger partial charge in [-0.1, -0.05) is 31.0 Å². The molecule has 0 aromatic heterocycles. The highest BCUT2D eigenvalue weighted by Gasteiger charge is 2.51. The summed E-state index contributed by atoms with van der Waals surface area (Å²) in [6.07, 6.45) is 7.12. The summed E-state index contributed by atoms with van der Waals surface area (Å²) in [7, 11) is -3.99. The molecule has 0 radical (unpaired) electrons. The van der Waals surface area contributed by atoms with Gasteiger partial charge in [-0.05, 0) is 54.8 Å². The smallest absolute Gasteiger partial charge is 0.269 e. The van der Waals surface area contributed by atoms with Crippen molar-refractivity contribution in [1.29, 1.82) is 0 Å². The zero-order valence-corrected chi connectivity index (χ0v) is 13.5. The molecule has 1 saturated heterocycles. The minimum Gasteiger partial charge on any atom is -0.313 e. The van der Waals surface area contributed by atoms with Crippen LogP contribution in [0.25, 0.3) is 0 Å². The zero-order valence-electron chi connectivity index (χ0n) is 12.7. The molecule has 5 heteroatoms. The summed E-state index contributed by atoms with van der Waals surface area (Å²) < 4.78 is 32.0. The highest BCUT2D eigenvalue weighted by Crippen LogP contribution is 2.54. The van der Waals surface area contributed by atoms with Gasteiger partial charge in [0.25, 0.3) is 10.1 Å². The minimum absolute atomic E-state index is 0.233. The molecule has 4 nitrogen and oxygen atoms in total.